The Morgan fingerprint density at radius 3 is 2.43 bits per heavy atom. The molecule has 1 aliphatic rings. The summed E-state index contributed by atoms with van der Waals surface area (Å²) in [7, 11) is 5.98. The van der Waals surface area contributed by atoms with E-state index in [2.05, 4.69) is 18.2 Å². The van der Waals surface area contributed by atoms with Crippen LogP contribution < -0.4 is 15.9 Å². The molecule has 1 atom stereocenters. The lowest BCUT2D eigenvalue weighted by Crippen LogP contribution is -2.24. The highest BCUT2D eigenvalue weighted by Crippen LogP contribution is 2.42. The molecule has 2 radical (unpaired) electrons. The zero-order valence-electron chi connectivity index (χ0n) is 13.6. The van der Waals surface area contributed by atoms with Gasteiger partial charge in [0.2, 0.25) is 0 Å². The van der Waals surface area contributed by atoms with Gasteiger partial charge >= 0.3 is 0 Å². The van der Waals surface area contributed by atoms with E-state index >= 15 is 0 Å². The summed E-state index contributed by atoms with van der Waals surface area (Å²) < 4.78 is 5.73. The third-order valence-electron chi connectivity index (χ3n) is 4.15. The quantitative estimate of drug-likeness (QED) is 0.883. The summed E-state index contributed by atoms with van der Waals surface area (Å²) in [6.07, 6.45) is 1.80. The molecule has 4 heteroatoms. The summed E-state index contributed by atoms with van der Waals surface area (Å²) in [6.45, 7) is 4.04. The van der Waals surface area contributed by atoms with Crippen molar-refractivity contribution in [3.05, 3.63) is 59.7 Å². The highest BCUT2D eigenvalue weighted by molar-refractivity contribution is 6.32. The highest BCUT2D eigenvalue weighted by atomic mass is 16.5. The van der Waals surface area contributed by atoms with Gasteiger partial charge in [0.05, 0.1) is 11.9 Å². The minimum atomic E-state index is -0.449. The molecule has 0 spiro atoms. The zero-order valence-corrected chi connectivity index (χ0v) is 13.6. The SMILES string of the molecule is [B]c1cccc(C2(c3ccc(OC(C)C)cc3)CCC(N)=N2)c1. The number of nitrogens with zero attached hydrogens (tertiary/aromatic N) is 1. The van der Waals surface area contributed by atoms with Gasteiger partial charge in [0.15, 0.2) is 0 Å². The number of benzene rings is 2. The summed E-state index contributed by atoms with van der Waals surface area (Å²) in [5.41, 5.74) is 8.49. The van der Waals surface area contributed by atoms with Gasteiger partial charge in [-0.15, -0.1) is 0 Å². The van der Waals surface area contributed by atoms with Gasteiger partial charge in [0, 0.05) is 6.42 Å². The second-order valence-electron chi connectivity index (χ2n) is 6.28. The van der Waals surface area contributed by atoms with Crippen molar-refractivity contribution >= 4 is 19.1 Å². The monoisotopic (exact) mass is 304 g/mol. The number of aliphatic imine (C=N–C) groups is 1. The maximum atomic E-state index is 6.01. The van der Waals surface area contributed by atoms with Crippen molar-refractivity contribution in [1.82, 2.24) is 0 Å². The maximum absolute atomic E-state index is 6.01. The fraction of sp³-hybridized carbons (Fsp3) is 0.316. The molecule has 1 unspecified atom stereocenters. The van der Waals surface area contributed by atoms with Crippen molar-refractivity contribution in [2.75, 3.05) is 0 Å². The number of ether oxygens (including phenoxy) is 1. The average molecular weight is 304 g/mol. The molecule has 0 saturated heterocycles. The van der Waals surface area contributed by atoms with Gasteiger partial charge in [-0.1, -0.05) is 41.9 Å². The van der Waals surface area contributed by atoms with Crippen LogP contribution in [-0.2, 0) is 5.54 Å². The van der Waals surface area contributed by atoms with Crippen molar-refractivity contribution in [3.8, 4) is 5.75 Å². The minimum Gasteiger partial charge on any atom is -0.491 e. The number of hydrogen-bond donors (Lipinski definition) is 1. The van der Waals surface area contributed by atoms with Crippen LogP contribution in [0.25, 0.3) is 0 Å². The summed E-state index contributed by atoms with van der Waals surface area (Å²) in [5.74, 6) is 1.55. The summed E-state index contributed by atoms with van der Waals surface area (Å²) in [4.78, 5) is 4.79. The van der Waals surface area contributed by atoms with E-state index in [4.69, 9.17) is 23.3 Å². The first-order chi connectivity index (χ1) is 11.0. The van der Waals surface area contributed by atoms with Crippen molar-refractivity contribution in [1.29, 1.82) is 0 Å². The second kappa shape index (κ2) is 6.11. The third kappa shape index (κ3) is 3.12. The number of amidine groups is 1. The van der Waals surface area contributed by atoms with Gasteiger partial charge in [-0.25, -0.2) is 0 Å². The van der Waals surface area contributed by atoms with E-state index in [9.17, 15) is 0 Å². The second-order valence-corrected chi connectivity index (χ2v) is 6.28. The lowest BCUT2D eigenvalue weighted by Gasteiger charge is -2.28. The first-order valence-electron chi connectivity index (χ1n) is 7.97. The lowest BCUT2D eigenvalue weighted by molar-refractivity contribution is 0.242. The molecular formula is C19H21BN2O. The topological polar surface area (TPSA) is 47.6 Å². The highest BCUT2D eigenvalue weighted by Gasteiger charge is 2.37. The minimum absolute atomic E-state index is 0.156. The Balaban J connectivity index is 2.04. The molecule has 116 valence electrons. The molecule has 2 N–H and O–H groups in total. The van der Waals surface area contributed by atoms with Gasteiger partial charge in [0.25, 0.3) is 0 Å². The van der Waals surface area contributed by atoms with Gasteiger partial charge in [-0.05, 0) is 43.5 Å². The molecule has 1 heterocycles. The molecule has 2 aromatic carbocycles. The van der Waals surface area contributed by atoms with Crippen molar-refractivity contribution in [3.63, 3.8) is 0 Å². The van der Waals surface area contributed by atoms with E-state index in [1.54, 1.807) is 0 Å². The van der Waals surface area contributed by atoms with Crippen LogP contribution in [0.4, 0.5) is 0 Å². The molecule has 1 aliphatic heterocycles. The van der Waals surface area contributed by atoms with Gasteiger partial charge in [-0.2, -0.15) is 0 Å². The molecule has 0 aromatic heterocycles. The van der Waals surface area contributed by atoms with Crippen molar-refractivity contribution in [2.45, 2.75) is 38.3 Å². The normalized spacial score (nSPS) is 20.6. The van der Waals surface area contributed by atoms with Crippen LogP contribution >= 0.6 is 0 Å². The van der Waals surface area contributed by atoms with Crippen LogP contribution in [0.15, 0.2) is 53.5 Å². The van der Waals surface area contributed by atoms with E-state index in [0.717, 1.165) is 35.2 Å². The van der Waals surface area contributed by atoms with E-state index in [-0.39, 0.29) is 6.10 Å². The Hall–Kier alpha value is -2.23. The predicted octanol–water partition coefficient (Wildman–Crippen LogP) is 2.66. The van der Waals surface area contributed by atoms with Gasteiger partial charge < -0.3 is 10.5 Å². The molecule has 0 amide bonds. The number of rotatable bonds is 4. The molecular weight excluding hydrogens is 283 g/mol. The molecule has 0 saturated carbocycles. The average Bonchev–Trinajstić information content (AvgIpc) is 2.91. The first kappa shape index (κ1) is 15.7. The molecule has 0 aliphatic carbocycles. The van der Waals surface area contributed by atoms with Crippen LogP contribution in [0.5, 0.6) is 5.75 Å². The molecule has 3 rings (SSSR count). The third-order valence-corrected chi connectivity index (χ3v) is 4.15. The molecule has 23 heavy (non-hydrogen) atoms. The summed E-state index contributed by atoms with van der Waals surface area (Å²) >= 11 is 0. The van der Waals surface area contributed by atoms with Crippen molar-refractivity contribution in [2.24, 2.45) is 10.7 Å². The standard InChI is InChI=1S/C19H21BN2O/c1-13(2)23-17-8-6-14(7-9-17)19(11-10-18(21)22-19)15-4-3-5-16(20)12-15/h3-9,12-13H,10-11H2,1-2H3,(H2,21,22). The number of nitrogens with two attached hydrogens (primary N) is 1. The van der Waals surface area contributed by atoms with Crippen LogP contribution in [0, 0.1) is 0 Å². The summed E-state index contributed by atoms with van der Waals surface area (Å²) in [5, 5.41) is 0. The van der Waals surface area contributed by atoms with Gasteiger partial charge in [0.1, 0.15) is 19.1 Å². The molecule has 2 aromatic rings. The Bertz CT molecular complexity index is 724. The molecule has 0 bridgehead atoms. The van der Waals surface area contributed by atoms with Crippen LogP contribution in [-0.4, -0.2) is 19.8 Å². The zero-order chi connectivity index (χ0) is 16.4. The van der Waals surface area contributed by atoms with E-state index in [1.807, 2.05) is 44.2 Å². The van der Waals surface area contributed by atoms with Crippen LogP contribution in [0.1, 0.15) is 37.8 Å². The molecule has 3 nitrogen and oxygen atoms in total. The van der Waals surface area contributed by atoms with E-state index in [0.29, 0.717) is 5.84 Å². The van der Waals surface area contributed by atoms with Gasteiger partial charge in [-0.3, -0.25) is 4.99 Å². The lowest BCUT2D eigenvalue weighted by atomic mass is 9.79. The van der Waals surface area contributed by atoms with Crippen LogP contribution in [0.2, 0.25) is 0 Å². The van der Waals surface area contributed by atoms with E-state index < -0.39 is 5.54 Å². The maximum Gasteiger partial charge on any atom is 0.119 e. The Morgan fingerprint density at radius 1 is 1.13 bits per heavy atom. The Kier molecular flexibility index (Phi) is 4.16. The number of hydrogen-bond acceptors (Lipinski definition) is 3. The smallest absolute Gasteiger partial charge is 0.119 e. The fourth-order valence-corrected chi connectivity index (χ4v) is 3.13. The first-order valence-corrected chi connectivity index (χ1v) is 7.97. The van der Waals surface area contributed by atoms with E-state index in [1.165, 1.54) is 0 Å². The van der Waals surface area contributed by atoms with Crippen LogP contribution in [0.3, 0.4) is 0 Å². The summed E-state index contributed by atoms with van der Waals surface area (Å²) in [6, 6.07) is 16.0. The largest absolute Gasteiger partial charge is 0.491 e. The molecule has 0 fully saturated rings. The van der Waals surface area contributed by atoms with Crippen molar-refractivity contribution < 1.29 is 4.74 Å². The predicted molar refractivity (Wildman–Crippen MR) is 95.7 cm³/mol. The fourth-order valence-electron chi connectivity index (χ4n) is 3.13. The Labute approximate surface area is 139 Å². The Morgan fingerprint density at radius 2 is 1.87 bits per heavy atom.